The molecule has 0 atom stereocenters. The van der Waals surface area contributed by atoms with Gasteiger partial charge in [-0.2, -0.15) is 0 Å². The first kappa shape index (κ1) is 13.6. The molecule has 1 N–H and O–H groups in total. The van der Waals surface area contributed by atoms with Gasteiger partial charge in [0.25, 0.3) is 11.1 Å². The molecule has 0 unspecified atom stereocenters. The van der Waals surface area contributed by atoms with Gasteiger partial charge in [-0.25, -0.2) is 0 Å². The minimum Gasteiger partial charge on any atom is -0.282 e. The first-order chi connectivity index (χ1) is 10.2. The Balaban J connectivity index is 2.04. The number of imide groups is 1. The molecule has 2 aromatic rings. The summed E-state index contributed by atoms with van der Waals surface area (Å²) in [6, 6.07) is 19.9. The Bertz CT molecular complexity index is 656. The van der Waals surface area contributed by atoms with Crippen LogP contribution in [0.4, 0.5) is 4.79 Å². The van der Waals surface area contributed by atoms with E-state index in [1.807, 2.05) is 66.7 Å². The molecule has 0 radical (unpaired) electrons. The average molecular weight is 295 g/mol. The number of hydrogen-bond donors (Lipinski definition) is 1. The van der Waals surface area contributed by atoms with Crippen LogP contribution in [-0.2, 0) is 4.79 Å². The molecule has 1 saturated heterocycles. The second kappa shape index (κ2) is 5.97. The number of hydrogen-bond acceptors (Lipinski definition) is 3. The van der Waals surface area contributed by atoms with Crippen LogP contribution in [0.3, 0.4) is 0 Å². The number of carbonyl (C=O) groups excluding carboxylic acids is 2. The fourth-order valence-electron chi connectivity index (χ4n) is 2.29. The monoisotopic (exact) mass is 295 g/mol. The number of allylic oxidation sites excluding steroid dienone is 1. The molecule has 1 heterocycles. The van der Waals surface area contributed by atoms with Crippen molar-refractivity contribution in [1.29, 1.82) is 0 Å². The second-order valence-electron chi connectivity index (χ2n) is 4.67. The van der Waals surface area contributed by atoms with Gasteiger partial charge in [-0.3, -0.25) is 14.9 Å². The van der Waals surface area contributed by atoms with E-state index in [1.165, 1.54) is 0 Å². The molecule has 2 aromatic carbocycles. The van der Waals surface area contributed by atoms with Crippen molar-refractivity contribution >= 4 is 22.9 Å². The SMILES string of the molecule is O=C1NC(=O)C(=CC(c2ccccc2)c2ccccc2)S1. The highest BCUT2D eigenvalue weighted by atomic mass is 32.2. The van der Waals surface area contributed by atoms with E-state index in [4.69, 9.17) is 0 Å². The molecule has 21 heavy (non-hydrogen) atoms. The van der Waals surface area contributed by atoms with E-state index in [2.05, 4.69) is 5.32 Å². The van der Waals surface area contributed by atoms with Crippen LogP contribution in [0.15, 0.2) is 71.6 Å². The maximum Gasteiger partial charge on any atom is 0.290 e. The van der Waals surface area contributed by atoms with Gasteiger partial charge in [0.05, 0.1) is 4.91 Å². The topological polar surface area (TPSA) is 46.2 Å². The van der Waals surface area contributed by atoms with Crippen LogP contribution in [0.1, 0.15) is 17.0 Å². The van der Waals surface area contributed by atoms with Crippen LogP contribution < -0.4 is 5.32 Å². The molecule has 0 aliphatic carbocycles. The lowest BCUT2D eigenvalue weighted by molar-refractivity contribution is -0.115. The number of thioether (sulfide) groups is 1. The fraction of sp³-hybridized carbons (Fsp3) is 0.0588. The number of rotatable bonds is 3. The highest BCUT2D eigenvalue weighted by Gasteiger charge is 2.26. The summed E-state index contributed by atoms with van der Waals surface area (Å²) in [7, 11) is 0. The minimum absolute atomic E-state index is 0.0495. The third-order valence-electron chi connectivity index (χ3n) is 3.28. The minimum atomic E-state index is -0.318. The summed E-state index contributed by atoms with van der Waals surface area (Å²) >= 11 is 0.953. The summed E-state index contributed by atoms with van der Waals surface area (Å²) in [6.07, 6.45) is 1.86. The molecular weight excluding hydrogens is 282 g/mol. The molecule has 0 bridgehead atoms. The first-order valence-corrected chi connectivity index (χ1v) is 7.40. The van der Waals surface area contributed by atoms with Crippen molar-refractivity contribution in [2.75, 3.05) is 0 Å². The van der Waals surface area contributed by atoms with Gasteiger partial charge in [-0.1, -0.05) is 66.7 Å². The van der Waals surface area contributed by atoms with Gasteiger partial charge in [0.2, 0.25) is 0 Å². The largest absolute Gasteiger partial charge is 0.290 e. The predicted octanol–water partition coefficient (Wildman–Crippen LogP) is 3.69. The first-order valence-electron chi connectivity index (χ1n) is 6.59. The Kier molecular flexibility index (Phi) is 3.88. The van der Waals surface area contributed by atoms with E-state index < -0.39 is 0 Å². The molecule has 3 nitrogen and oxygen atoms in total. The molecule has 1 aliphatic heterocycles. The van der Waals surface area contributed by atoms with Gasteiger partial charge in [0.1, 0.15) is 0 Å². The molecule has 0 saturated carbocycles. The molecule has 104 valence electrons. The van der Waals surface area contributed by atoms with Crippen molar-refractivity contribution in [1.82, 2.24) is 5.32 Å². The maximum atomic E-state index is 11.8. The van der Waals surface area contributed by atoms with Gasteiger partial charge >= 0.3 is 0 Å². The third kappa shape index (κ3) is 3.06. The van der Waals surface area contributed by atoms with Crippen molar-refractivity contribution in [3.63, 3.8) is 0 Å². The fourth-order valence-corrected chi connectivity index (χ4v) is 2.98. The summed E-state index contributed by atoms with van der Waals surface area (Å²) in [5, 5.41) is 1.98. The van der Waals surface area contributed by atoms with Crippen LogP contribution in [0.5, 0.6) is 0 Å². The predicted molar refractivity (Wildman–Crippen MR) is 83.9 cm³/mol. The highest BCUT2D eigenvalue weighted by Crippen LogP contribution is 2.32. The van der Waals surface area contributed by atoms with Crippen molar-refractivity contribution in [2.45, 2.75) is 5.92 Å². The van der Waals surface area contributed by atoms with E-state index >= 15 is 0 Å². The number of benzene rings is 2. The smallest absolute Gasteiger partial charge is 0.282 e. The van der Waals surface area contributed by atoms with Crippen LogP contribution in [-0.4, -0.2) is 11.1 Å². The van der Waals surface area contributed by atoms with Crippen LogP contribution in [0.25, 0.3) is 0 Å². The lowest BCUT2D eigenvalue weighted by Gasteiger charge is -2.14. The molecule has 3 rings (SSSR count). The summed E-state index contributed by atoms with van der Waals surface area (Å²) in [5.41, 5.74) is 2.17. The Morgan fingerprint density at radius 1 is 0.857 bits per heavy atom. The van der Waals surface area contributed by atoms with Gasteiger partial charge in [0.15, 0.2) is 0 Å². The van der Waals surface area contributed by atoms with Crippen molar-refractivity contribution in [3.8, 4) is 0 Å². The van der Waals surface area contributed by atoms with E-state index in [1.54, 1.807) is 0 Å². The Morgan fingerprint density at radius 3 is 1.81 bits per heavy atom. The van der Waals surface area contributed by atoms with Crippen LogP contribution in [0.2, 0.25) is 0 Å². The highest BCUT2D eigenvalue weighted by molar-refractivity contribution is 8.18. The van der Waals surface area contributed by atoms with E-state index in [0.29, 0.717) is 4.91 Å². The summed E-state index contributed by atoms with van der Waals surface area (Å²) < 4.78 is 0. The quantitative estimate of drug-likeness (QED) is 0.879. The lowest BCUT2D eigenvalue weighted by Crippen LogP contribution is -2.18. The molecule has 0 aromatic heterocycles. The van der Waals surface area contributed by atoms with Gasteiger partial charge in [-0.15, -0.1) is 0 Å². The van der Waals surface area contributed by atoms with E-state index in [0.717, 1.165) is 22.9 Å². The van der Waals surface area contributed by atoms with Gasteiger partial charge in [-0.05, 0) is 22.9 Å². The third-order valence-corrected chi connectivity index (χ3v) is 4.11. The number of nitrogens with one attached hydrogen (secondary N) is 1. The van der Waals surface area contributed by atoms with Crippen LogP contribution in [0, 0.1) is 0 Å². The molecule has 4 heteroatoms. The Labute approximate surface area is 127 Å². The van der Waals surface area contributed by atoms with Crippen molar-refractivity contribution in [2.24, 2.45) is 0 Å². The van der Waals surface area contributed by atoms with Gasteiger partial charge < -0.3 is 0 Å². The molecule has 2 amide bonds. The summed E-state index contributed by atoms with van der Waals surface area (Å²) in [4.78, 5) is 23.5. The molecular formula is C17H13NO2S. The summed E-state index contributed by atoms with van der Waals surface area (Å²) in [5.74, 6) is -0.367. The number of carbonyl (C=O) groups is 2. The van der Waals surface area contributed by atoms with Gasteiger partial charge in [0, 0.05) is 5.92 Å². The zero-order valence-electron chi connectivity index (χ0n) is 11.2. The second-order valence-corrected chi connectivity index (χ2v) is 5.69. The molecule has 1 aliphatic rings. The van der Waals surface area contributed by atoms with Crippen LogP contribution >= 0.6 is 11.8 Å². The standard InChI is InChI=1S/C17H13NO2S/c19-16-15(21-17(20)18-16)11-14(12-7-3-1-4-8-12)13-9-5-2-6-10-13/h1-11,14H,(H,18,19,20). The van der Waals surface area contributed by atoms with E-state index in [-0.39, 0.29) is 17.1 Å². The number of amides is 2. The normalized spacial score (nSPS) is 16.5. The average Bonchev–Trinajstić information content (AvgIpc) is 2.84. The van der Waals surface area contributed by atoms with E-state index in [9.17, 15) is 9.59 Å². The maximum absolute atomic E-state index is 11.8. The van der Waals surface area contributed by atoms with Crippen molar-refractivity contribution in [3.05, 3.63) is 82.8 Å². The summed E-state index contributed by atoms with van der Waals surface area (Å²) in [6.45, 7) is 0. The van der Waals surface area contributed by atoms with Crippen molar-refractivity contribution < 1.29 is 9.59 Å². The Hall–Kier alpha value is -2.33. The zero-order valence-corrected chi connectivity index (χ0v) is 12.0. The Morgan fingerprint density at radius 2 is 1.38 bits per heavy atom. The molecule has 1 fully saturated rings. The lowest BCUT2D eigenvalue weighted by atomic mass is 9.91. The molecule has 0 spiro atoms. The zero-order chi connectivity index (χ0) is 14.7.